The fraction of sp³-hybridized carbons (Fsp3) is 0.240. The lowest BCUT2D eigenvalue weighted by atomic mass is 10.0. The average Bonchev–Trinajstić information content (AvgIpc) is 3.36. The molecule has 4 rings (SSSR count). The maximum Gasteiger partial charge on any atom is 0.249 e. The third-order valence-corrected chi connectivity index (χ3v) is 8.94. The van der Waals surface area contributed by atoms with Crippen LogP contribution >= 0.6 is 11.8 Å². The van der Waals surface area contributed by atoms with Crippen LogP contribution in [-0.2, 0) is 14.8 Å². The predicted molar refractivity (Wildman–Crippen MR) is 131 cm³/mol. The van der Waals surface area contributed by atoms with Crippen LogP contribution < -0.4 is 5.32 Å². The summed E-state index contributed by atoms with van der Waals surface area (Å²) >= 11 is 1.20. The number of thioether (sulfide) groups is 1. The van der Waals surface area contributed by atoms with Gasteiger partial charge >= 0.3 is 0 Å². The molecule has 0 radical (unpaired) electrons. The Morgan fingerprint density at radius 3 is 2.40 bits per heavy atom. The van der Waals surface area contributed by atoms with Gasteiger partial charge in [0.2, 0.25) is 15.9 Å². The van der Waals surface area contributed by atoms with Crippen molar-refractivity contribution in [1.29, 1.82) is 0 Å². The van der Waals surface area contributed by atoms with Crippen molar-refractivity contribution in [3.8, 4) is 11.1 Å². The van der Waals surface area contributed by atoms with Crippen molar-refractivity contribution in [2.75, 3.05) is 18.9 Å². The molecule has 1 aliphatic heterocycles. The van der Waals surface area contributed by atoms with Crippen LogP contribution in [0.5, 0.6) is 0 Å². The molecule has 1 heterocycles. The van der Waals surface area contributed by atoms with Crippen molar-refractivity contribution in [1.82, 2.24) is 9.62 Å². The largest absolute Gasteiger partial charge is 0.396 e. The minimum Gasteiger partial charge on any atom is -0.396 e. The van der Waals surface area contributed by atoms with Gasteiger partial charge in [0.25, 0.3) is 0 Å². The minimum absolute atomic E-state index is 0.00309. The number of benzene rings is 3. The van der Waals surface area contributed by atoms with E-state index in [9.17, 15) is 27.1 Å². The zero-order valence-corrected chi connectivity index (χ0v) is 20.2. The lowest BCUT2D eigenvalue weighted by molar-refractivity contribution is -0.123. The second-order valence-electron chi connectivity index (χ2n) is 7.97. The second kappa shape index (κ2) is 10.9. The first-order valence-corrected chi connectivity index (χ1v) is 13.5. The summed E-state index contributed by atoms with van der Waals surface area (Å²) in [6.07, 6.45) is 0.193. The van der Waals surface area contributed by atoms with E-state index >= 15 is 0 Å². The standard InChI is InChI=1S/C25H24F2N2O4S2/c26-19-9-5-18(6-10-19)23(13-15-30)28-24(31)25-29(14-16-34-25)35(32,33)20-11-7-17(8-12-20)21-3-1-2-4-22(21)27/h1-12,23,25,30H,13-16H2,(H,28,31)/t23-,25?/m0/s1. The van der Waals surface area contributed by atoms with E-state index in [2.05, 4.69) is 5.32 Å². The molecular weight excluding hydrogens is 494 g/mol. The van der Waals surface area contributed by atoms with Crippen LogP contribution in [0.4, 0.5) is 8.78 Å². The number of aliphatic hydroxyl groups is 1. The number of nitrogens with zero attached hydrogens (tertiary/aromatic N) is 1. The lowest BCUT2D eigenvalue weighted by Crippen LogP contribution is -2.45. The highest BCUT2D eigenvalue weighted by atomic mass is 32.2. The van der Waals surface area contributed by atoms with Crippen LogP contribution in [0, 0.1) is 11.6 Å². The van der Waals surface area contributed by atoms with Gasteiger partial charge < -0.3 is 10.4 Å². The number of carbonyl (C=O) groups is 1. The van der Waals surface area contributed by atoms with Gasteiger partial charge in [0, 0.05) is 24.5 Å². The van der Waals surface area contributed by atoms with Crippen LogP contribution in [0.15, 0.2) is 77.7 Å². The summed E-state index contributed by atoms with van der Waals surface area (Å²) in [4.78, 5) is 13.1. The van der Waals surface area contributed by atoms with E-state index in [4.69, 9.17) is 0 Å². The topological polar surface area (TPSA) is 86.7 Å². The molecule has 184 valence electrons. The van der Waals surface area contributed by atoms with Crippen molar-refractivity contribution >= 4 is 27.7 Å². The summed E-state index contributed by atoms with van der Waals surface area (Å²) in [5.41, 5.74) is 1.51. The number of hydrogen-bond donors (Lipinski definition) is 2. The van der Waals surface area contributed by atoms with Gasteiger partial charge in [-0.3, -0.25) is 4.79 Å². The first-order valence-electron chi connectivity index (χ1n) is 11.0. The van der Waals surface area contributed by atoms with E-state index in [-0.39, 0.29) is 24.5 Å². The Hall–Kier alpha value is -2.79. The summed E-state index contributed by atoms with van der Waals surface area (Å²) in [6, 6.07) is 17.1. The molecule has 3 aromatic carbocycles. The number of hydrogen-bond acceptors (Lipinski definition) is 5. The van der Waals surface area contributed by atoms with Gasteiger partial charge in [-0.2, -0.15) is 4.31 Å². The Morgan fingerprint density at radius 1 is 1.06 bits per heavy atom. The molecule has 1 fully saturated rings. The summed E-state index contributed by atoms with van der Waals surface area (Å²) in [6.45, 7) is -0.0577. The minimum atomic E-state index is -4.00. The number of rotatable bonds is 8. The highest BCUT2D eigenvalue weighted by Gasteiger charge is 2.40. The first kappa shape index (κ1) is 25.3. The molecule has 0 saturated carbocycles. The van der Waals surface area contributed by atoms with E-state index in [1.165, 1.54) is 66.4 Å². The molecule has 0 bridgehead atoms. The molecule has 10 heteroatoms. The molecular formula is C25H24F2N2O4S2. The summed E-state index contributed by atoms with van der Waals surface area (Å²) in [7, 11) is -4.00. The van der Waals surface area contributed by atoms with Gasteiger partial charge in [-0.15, -0.1) is 11.8 Å². The van der Waals surface area contributed by atoms with Crippen molar-refractivity contribution in [3.05, 3.63) is 90.0 Å². The molecule has 0 aliphatic carbocycles. The Morgan fingerprint density at radius 2 is 1.74 bits per heavy atom. The average molecular weight is 519 g/mol. The molecule has 1 unspecified atom stereocenters. The smallest absolute Gasteiger partial charge is 0.249 e. The number of amides is 1. The Kier molecular flexibility index (Phi) is 7.85. The Bertz CT molecular complexity index is 1290. The maximum absolute atomic E-state index is 14.1. The van der Waals surface area contributed by atoms with Gasteiger partial charge in [-0.1, -0.05) is 42.5 Å². The summed E-state index contributed by atoms with van der Waals surface area (Å²) < 4.78 is 55.3. The van der Waals surface area contributed by atoms with Crippen molar-refractivity contribution in [3.63, 3.8) is 0 Å². The zero-order valence-electron chi connectivity index (χ0n) is 18.6. The van der Waals surface area contributed by atoms with Gasteiger partial charge in [0.05, 0.1) is 10.9 Å². The fourth-order valence-electron chi connectivity index (χ4n) is 3.93. The van der Waals surface area contributed by atoms with Crippen LogP contribution in [0.2, 0.25) is 0 Å². The normalized spacial score (nSPS) is 17.3. The Labute approximate surface area is 207 Å². The number of halogens is 2. The van der Waals surface area contributed by atoms with Crippen LogP contribution in [0.1, 0.15) is 18.0 Å². The molecule has 0 spiro atoms. The van der Waals surface area contributed by atoms with Crippen LogP contribution in [0.3, 0.4) is 0 Å². The van der Waals surface area contributed by atoms with Crippen LogP contribution in [0.25, 0.3) is 11.1 Å². The highest BCUT2D eigenvalue weighted by molar-refractivity contribution is 8.02. The molecule has 35 heavy (non-hydrogen) atoms. The lowest BCUT2D eigenvalue weighted by Gasteiger charge is -2.25. The molecule has 2 N–H and O–H groups in total. The quantitative estimate of drug-likeness (QED) is 0.472. The summed E-state index contributed by atoms with van der Waals surface area (Å²) in [5.74, 6) is -0.907. The van der Waals surface area contributed by atoms with Crippen molar-refractivity contribution in [2.24, 2.45) is 0 Å². The Balaban J connectivity index is 1.53. The molecule has 0 aromatic heterocycles. The van der Waals surface area contributed by atoms with E-state index in [1.807, 2.05) is 0 Å². The molecule has 3 aromatic rings. The number of carbonyl (C=O) groups excluding carboxylic acids is 1. The van der Waals surface area contributed by atoms with Gasteiger partial charge in [-0.05, 0) is 47.9 Å². The molecule has 1 aliphatic rings. The first-order chi connectivity index (χ1) is 16.8. The van der Waals surface area contributed by atoms with Gasteiger partial charge in [0.15, 0.2) is 0 Å². The second-order valence-corrected chi connectivity index (χ2v) is 11.0. The van der Waals surface area contributed by atoms with E-state index < -0.39 is 39.0 Å². The van der Waals surface area contributed by atoms with Gasteiger partial charge in [-0.25, -0.2) is 17.2 Å². The monoisotopic (exact) mass is 518 g/mol. The number of sulfonamides is 1. The van der Waals surface area contributed by atoms with E-state index in [0.717, 1.165) is 4.31 Å². The van der Waals surface area contributed by atoms with Crippen molar-refractivity contribution < 1.29 is 27.1 Å². The summed E-state index contributed by atoms with van der Waals surface area (Å²) in [5, 5.41) is 11.2. The van der Waals surface area contributed by atoms with Crippen molar-refractivity contribution in [2.45, 2.75) is 22.7 Å². The predicted octanol–water partition coefficient (Wildman–Crippen LogP) is 3.94. The number of aliphatic hydroxyl groups excluding tert-OH is 1. The molecule has 1 saturated heterocycles. The SMILES string of the molecule is O=C(N[C@@H](CCO)c1ccc(F)cc1)C1SCCN1S(=O)(=O)c1ccc(-c2ccccc2F)cc1. The third kappa shape index (κ3) is 5.56. The zero-order chi connectivity index (χ0) is 25.0. The highest BCUT2D eigenvalue weighted by Crippen LogP contribution is 2.32. The van der Waals surface area contributed by atoms with Crippen LogP contribution in [-0.4, -0.2) is 48.0 Å². The fourth-order valence-corrected chi connectivity index (χ4v) is 7.02. The number of nitrogens with one attached hydrogen (secondary N) is 1. The maximum atomic E-state index is 14.1. The molecule has 2 atom stereocenters. The van der Waals surface area contributed by atoms with E-state index in [1.54, 1.807) is 18.2 Å². The molecule has 6 nitrogen and oxygen atoms in total. The van der Waals surface area contributed by atoms with E-state index in [0.29, 0.717) is 22.4 Å². The molecule has 1 amide bonds. The van der Waals surface area contributed by atoms with Gasteiger partial charge in [0.1, 0.15) is 17.0 Å². The third-order valence-electron chi connectivity index (χ3n) is 5.73.